The van der Waals surface area contributed by atoms with Gasteiger partial charge < -0.3 is 14.8 Å². The molecule has 2 amide bonds. The second-order valence-corrected chi connectivity index (χ2v) is 8.06. The first-order valence-corrected chi connectivity index (χ1v) is 11.1. The molecule has 4 rings (SSSR count). The van der Waals surface area contributed by atoms with E-state index in [1.54, 1.807) is 6.07 Å². The number of ether oxygens (including phenoxy) is 2. The number of hydrogen-bond acceptors (Lipinski definition) is 7. The average Bonchev–Trinajstić information content (AvgIpc) is 3.34. The molecule has 1 saturated heterocycles. The maximum Gasteiger partial charge on any atom is 0.433 e. The lowest BCUT2D eigenvalue weighted by atomic mass is 10.2. The minimum atomic E-state index is -4.71. The van der Waals surface area contributed by atoms with Crippen LogP contribution in [0.1, 0.15) is 42.4 Å². The number of aromatic nitrogens is 4. The number of amides is 2. The van der Waals surface area contributed by atoms with E-state index in [0.29, 0.717) is 19.4 Å². The molecule has 3 heterocycles. The molecule has 1 aliphatic heterocycles. The van der Waals surface area contributed by atoms with Crippen molar-refractivity contribution in [3.63, 3.8) is 0 Å². The highest BCUT2D eigenvalue weighted by Gasteiger charge is 2.38. The number of nitriles is 1. The Bertz CT molecular complexity index is 1320. The van der Waals surface area contributed by atoms with Crippen LogP contribution in [0, 0.1) is 17.1 Å². The minimum Gasteiger partial charge on any atom is -0.480 e. The molecule has 0 bridgehead atoms. The van der Waals surface area contributed by atoms with Gasteiger partial charge in [0.25, 0.3) is 0 Å². The number of benzene rings is 1. The van der Waals surface area contributed by atoms with Crippen LogP contribution in [0.25, 0.3) is 0 Å². The van der Waals surface area contributed by atoms with Crippen LogP contribution in [0.2, 0.25) is 0 Å². The van der Waals surface area contributed by atoms with Gasteiger partial charge in [-0.25, -0.2) is 13.9 Å². The van der Waals surface area contributed by atoms with Gasteiger partial charge in [0.15, 0.2) is 6.23 Å². The molecule has 0 spiro atoms. The Hall–Kier alpha value is -4.25. The zero-order chi connectivity index (χ0) is 26.6. The number of methoxy groups -OCH3 is 1. The van der Waals surface area contributed by atoms with Gasteiger partial charge in [0.05, 0.1) is 36.8 Å². The monoisotopic (exact) mass is 519 g/mol. The summed E-state index contributed by atoms with van der Waals surface area (Å²) in [5.74, 6) is -0.712. The number of nitrogens with one attached hydrogen (secondary N) is 1. The van der Waals surface area contributed by atoms with Gasteiger partial charge in [-0.15, -0.1) is 5.10 Å². The third-order valence-corrected chi connectivity index (χ3v) is 5.55. The zero-order valence-electron chi connectivity index (χ0n) is 19.5. The van der Waals surface area contributed by atoms with E-state index in [4.69, 9.17) is 14.7 Å². The van der Waals surface area contributed by atoms with Crippen LogP contribution in [-0.4, -0.2) is 39.7 Å². The fourth-order valence-electron chi connectivity index (χ4n) is 3.78. The summed E-state index contributed by atoms with van der Waals surface area (Å²) in [4.78, 5) is 14.3. The Balaban J connectivity index is 1.69. The molecule has 0 saturated carbocycles. The lowest BCUT2D eigenvalue weighted by molar-refractivity contribution is -0.152. The summed E-state index contributed by atoms with van der Waals surface area (Å²) in [5.41, 5.74) is -1.12. The van der Waals surface area contributed by atoms with Crippen molar-refractivity contribution in [3.8, 4) is 11.9 Å². The number of carbonyl (C=O) groups is 1. The molecule has 1 unspecified atom stereocenters. The smallest absolute Gasteiger partial charge is 0.433 e. The van der Waals surface area contributed by atoms with Crippen molar-refractivity contribution in [1.29, 1.82) is 5.26 Å². The minimum absolute atomic E-state index is 0.0564. The Morgan fingerprint density at radius 2 is 2.14 bits per heavy atom. The van der Waals surface area contributed by atoms with Crippen molar-refractivity contribution in [2.24, 2.45) is 0 Å². The van der Waals surface area contributed by atoms with E-state index in [0.717, 1.165) is 34.2 Å². The molecule has 194 valence electrons. The van der Waals surface area contributed by atoms with Gasteiger partial charge in [-0.3, -0.25) is 4.90 Å². The molecule has 0 radical (unpaired) electrons. The van der Waals surface area contributed by atoms with Crippen LogP contribution in [0.3, 0.4) is 0 Å². The van der Waals surface area contributed by atoms with E-state index in [-0.39, 0.29) is 28.5 Å². The van der Waals surface area contributed by atoms with Crippen molar-refractivity contribution in [2.45, 2.75) is 38.2 Å². The third-order valence-electron chi connectivity index (χ3n) is 5.55. The summed E-state index contributed by atoms with van der Waals surface area (Å²) in [6.45, 7) is -0.0771. The van der Waals surface area contributed by atoms with Crippen LogP contribution in [0.15, 0.2) is 36.5 Å². The summed E-state index contributed by atoms with van der Waals surface area (Å²) >= 11 is 0. The van der Waals surface area contributed by atoms with Crippen LogP contribution in [0.5, 0.6) is 5.88 Å². The third kappa shape index (κ3) is 5.95. The number of carbonyl (C=O) groups excluding carboxylic acids is 1. The number of rotatable bonds is 6. The topological polar surface area (TPSA) is 118 Å². The van der Waals surface area contributed by atoms with Crippen molar-refractivity contribution in [1.82, 2.24) is 20.0 Å². The molecular formula is C23H21F4N7O3. The van der Waals surface area contributed by atoms with E-state index in [9.17, 15) is 22.4 Å². The highest BCUT2D eigenvalue weighted by molar-refractivity contribution is 6.01. The molecule has 1 atom stereocenters. The van der Waals surface area contributed by atoms with Crippen molar-refractivity contribution < 1.29 is 31.8 Å². The Morgan fingerprint density at radius 3 is 2.81 bits per heavy atom. The van der Waals surface area contributed by atoms with Gasteiger partial charge in [0, 0.05) is 18.4 Å². The molecule has 37 heavy (non-hydrogen) atoms. The molecule has 14 heteroatoms. The first kappa shape index (κ1) is 25.8. The molecule has 3 aromatic rings. The highest BCUT2D eigenvalue weighted by atomic mass is 19.4. The van der Waals surface area contributed by atoms with E-state index in [1.165, 1.54) is 25.4 Å². The van der Waals surface area contributed by atoms with Gasteiger partial charge in [0.2, 0.25) is 5.88 Å². The van der Waals surface area contributed by atoms with Gasteiger partial charge in [-0.05, 0) is 43.5 Å². The molecule has 1 aromatic carbocycles. The molecule has 2 aromatic heterocycles. The van der Waals surface area contributed by atoms with Gasteiger partial charge in [-0.2, -0.15) is 28.6 Å². The second kappa shape index (κ2) is 10.8. The number of hydrogen-bond donors (Lipinski definition) is 1. The number of urea groups is 1. The summed E-state index contributed by atoms with van der Waals surface area (Å²) in [6, 6.07) is 6.48. The van der Waals surface area contributed by atoms with Crippen LogP contribution < -0.4 is 15.0 Å². The van der Waals surface area contributed by atoms with Crippen LogP contribution in [-0.2, 0) is 17.5 Å². The number of anilines is 2. The van der Waals surface area contributed by atoms with E-state index in [2.05, 4.69) is 20.6 Å². The quantitative estimate of drug-likeness (QED) is 0.471. The average molecular weight is 519 g/mol. The predicted molar refractivity (Wildman–Crippen MR) is 121 cm³/mol. The normalized spacial score (nSPS) is 15.6. The first-order valence-electron chi connectivity index (χ1n) is 11.1. The molecule has 10 nitrogen and oxygen atoms in total. The lowest BCUT2D eigenvalue weighted by Gasteiger charge is -2.25. The van der Waals surface area contributed by atoms with Crippen molar-refractivity contribution >= 4 is 17.4 Å². The zero-order valence-corrected chi connectivity index (χ0v) is 19.5. The highest BCUT2D eigenvalue weighted by Crippen LogP contribution is 2.35. The molecule has 1 aliphatic rings. The Morgan fingerprint density at radius 1 is 1.32 bits per heavy atom. The van der Waals surface area contributed by atoms with Crippen molar-refractivity contribution in [3.05, 3.63) is 59.3 Å². The van der Waals surface area contributed by atoms with Gasteiger partial charge >= 0.3 is 12.2 Å². The Labute approximate surface area is 208 Å². The van der Waals surface area contributed by atoms with Gasteiger partial charge in [0.1, 0.15) is 17.6 Å². The van der Waals surface area contributed by atoms with E-state index >= 15 is 0 Å². The first-order chi connectivity index (χ1) is 17.7. The summed E-state index contributed by atoms with van der Waals surface area (Å²) in [6.07, 6.45) is -2.56. The number of halogens is 4. The SMILES string of the molecule is COc1cc(N(Cc2cc(C(F)(F)F)n(C3CCCCO3)n2)C(=O)Nc2ccc(F)c(C#N)c2)cnn1. The van der Waals surface area contributed by atoms with Gasteiger partial charge in [-0.1, -0.05) is 0 Å². The fraction of sp³-hybridized carbons (Fsp3) is 0.348. The largest absolute Gasteiger partial charge is 0.480 e. The van der Waals surface area contributed by atoms with Crippen LogP contribution in [0.4, 0.5) is 33.7 Å². The molecule has 1 N–H and O–H groups in total. The van der Waals surface area contributed by atoms with Crippen molar-refractivity contribution in [2.75, 3.05) is 23.9 Å². The lowest BCUT2D eigenvalue weighted by Crippen LogP contribution is -2.35. The molecule has 1 fully saturated rings. The van der Waals surface area contributed by atoms with E-state index in [1.807, 2.05) is 0 Å². The van der Waals surface area contributed by atoms with E-state index < -0.39 is 36.5 Å². The standard InChI is InChI=1S/C23H21F4N7O3/c1-36-20-10-17(12-29-31-20)33(22(35)30-15-5-6-18(24)14(8-15)11-28)13-16-9-19(23(25,26)27)34(32-16)21-4-2-3-7-37-21/h5-6,8-10,12,21H,2-4,7,13H2,1H3,(H,30,35). The number of alkyl halides is 3. The molecular weight excluding hydrogens is 498 g/mol. The maximum atomic E-state index is 13.8. The van der Waals surface area contributed by atoms with Crippen LogP contribution >= 0.6 is 0 Å². The fourth-order valence-corrected chi connectivity index (χ4v) is 3.78. The summed E-state index contributed by atoms with van der Waals surface area (Å²) in [5, 5.41) is 23.2. The maximum absolute atomic E-state index is 13.8. The Kier molecular flexibility index (Phi) is 7.53. The molecule has 0 aliphatic carbocycles. The summed E-state index contributed by atoms with van der Waals surface area (Å²) < 4.78 is 66.5. The number of nitrogens with zero attached hydrogens (tertiary/aromatic N) is 6. The summed E-state index contributed by atoms with van der Waals surface area (Å²) in [7, 11) is 1.33. The second-order valence-electron chi connectivity index (χ2n) is 8.06. The predicted octanol–water partition coefficient (Wildman–Crippen LogP) is 4.65.